The van der Waals surface area contributed by atoms with Crippen LogP contribution in [0.3, 0.4) is 0 Å². The van der Waals surface area contributed by atoms with Gasteiger partial charge in [0.2, 0.25) is 0 Å². The van der Waals surface area contributed by atoms with Gasteiger partial charge in [-0.15, -0.1) is 0 Å². The summed E-state index contributed by atoms with van der Waals surface area (Å²) in [7, 11) is -3.84. The highest BCUT2D eigenvalue weighted by atomic mass is 32.2. The first kappa shape index (κ1) is 16.2. The number of amides is 1. The van der Waals surface area contributed by atoms with Gasteiger partial charge in [0.05, 0.1) is 6.61 Å². The predicted molar refractivity (Wildman–Crippen MR) is 72.0 cm³/mol. The number of nitrogens with one attached hydrogen (secondary N) is 2. The van der Waals surface area contributed by atoms with Crippen LogP contribution in [0.2, 0.25) is 0 Å². The topological polar surface area (TPSA) is 87.7 Å². The normalized spacial score (nSPS) is 20.3. The quantitative estimate of drug-likeness (QED) is 0.742. The molecule has 0 aromatic carbocycles. The van der Waals surface area contributed by atoms with E-state index in [1.807, 2.05) is 11.6 Å². The molecule has 0 aliphatic carbocycles. The Labute approximate surface area is 114 Å². The van der Waals surface area contributed by atoms with Crippen molar-refractivity contribution in [2.24, 2.45) is 0 Å². The van der Waals surface area contributed by atoms with Gasteiger partial charge in [-0.1, -0.05) is 6.92 Å². The third-order valence-electron chi connectivity index (χ3n) is 2.92. The Hall–Kier alpha value is -0.860. The molecule has 1 aliphatic rings. The maximum atomic E-state index is 12.2. The number of nitrogens with zero attached hydrogens (tertiary/aromatic N) is 1. The standard InChI is InChI=1S/C11H23N3O4S/c1-3-8-14(10-6-5-7-12-9-10)19(16,17)13-11(15)18-4-2/h10,12H,3-9H2,1-2H3,(H,13,15). The smallest absolute Gasteiger partial charge is 0.421 e. The van der Waals surface area contributed by atoms with E-state index in [0.717, 1.165) is 19.4 Å². The van der Waals surface area contributed by atoms with Crippen LogP contribution in [0.25, 0.3) is 0 Å². The van der Waals surface area contributed by atoms with Crippen LogP contribution in [-0.4, -0.2) is 51.1 Å². The maximum absolute atomic E-state index is 12.2. The molecule has 2 N–H and O–H groups in total. The molecular formula is C11H23N3O4S. The van der Waals surface area contributed by atoms with E-state index in [1.165, 1.54) is 4.31 Å². The van der Waals surface area contributed by atoms with E-state index in [4.69, 9.17) is 0 Å². The number of hydrogen-bond acceptors (Lipinski definition) is 5. The molecule has 8 heteroatoms. The van der Waals surface area contributed by atoms with E-state index in [1.54, 1.807) is 6.92 Å². The highest BCUT2D eigenvalue weighted by molar-refractivity contribution is 7.87. The highest BCUT2D eigenvalue weighted by Gasteiger charge is 2.31. The minimum Gasteiger partial charge on any atom is -0.449 e. The van der Waals surface area contributed by atoms with Crippen molar-refractivity contribution in [3.05, 3.63) is 0 Å². The number of carbonyl (C=O) groups excluding carboxylic acids is 1. The van der Waals surface area contributed by atoms with Gasteiger partial charge in [-0.25, -0.2) is 9.52 Å². The van der Waals surface area contributed by atoms with Crippen molar-refractivity contribution in [3.8, 4) is 0 Å². The average Bonchev–Trinajstić information content (AvgIpc) is 2.36. The van der Waals surface area contributed by atoms with Crippen LogP contribution in [-0.2, 0) is 14.9 Å². The Bertz CT molecular complexity index is 379. The fourth-order valence-corrected chi connectivity index (χ4v) is 3.51. The largest absolute Gasteiger partial charge is 0.449 e. The van der Waals surface area contributed by atoms with Crippen LogP contribution >= 0.6 is 0 Å². The van der Waals surface area contributed by atoms with Gasteiger partial charge in [-0.05, 0) is 32.7 Å². The number of ether oxygens (including phenoxy) is 1. The molecule has 0 aromatic heterocycles. The van der Waals surface area contributed by atoms with Crippen LogP contribution in [0.5, 0.6) is 0 Å². The summed E-state index contributed by atoms with van der Waals surface area (Å²) in [6.07, 6.45) is 1.50. The lowest BCUT2D eigenvalue weighted by Crippen LogP contribution is -2.53. The van der Waals surface area contributed by atoms with Gasteiger partial charge in [0.15, 0.2) is 0 Å². The molecule has 0 spiro atoms. The molecule has 0 radical (unpaired) electrons. The number of carbonyl (C=O) groups is 1. The van der Waals surface area contributed by atoms with Gasteiger partial charge in [0.1, 0.15) is 0 Å². The van der Waals surface area contributed by atoms with Crippen molar-refractivity contribution < 1.29 is 17.9 Å². The lowest BCUT2D eigenvalue weighted by Gasteiger charge is -2.33. The zero-order valence-electron chi connectivity index (χ0n) is 11.5. The summed E-state index contributed by atoms with van der Waals surface area (Å²) in [6.45, 7) is 5.58. The molecule has 1 heterocycles. The highest BCUT2D eigenvalue weighted by Crippen LogP contribution is 2.14. The third-order valence-corrected chi connectivity index (χ3v) is 4.44. The molecule has 0 saturated carbocycles. The molecule has 0 bridgehead atoms. The molecule has 1 fully saturated rings. The van der Waals surface area contributed by atoms with Crippen LogP contribution < -0.4 is 10.0 Å². The molecule has 1 saturated heterocycles. The first-order valence-corrected chi connectivity index (χ1v) is 8.12. The molecule has 1 atom stereocenters. The van der Waals surface area contributed by atoms with E-state index in [-0.39, 0.29) is 12.6 Å². The fourth-order valence-electron chi connectivity index (χ4n) is 2.12. The molecule has 7 nitrogen and oxygen atoms in total. The number of piperidine rings is 1. The average molecular weight is 293 g/mol. The van der Waals surface area contributed by atoms with Gasteiger partial charge in [0, 0.05) is 19.1 Å². The molecule has 1 unspecified atom stereocenters. The molecular weight excluding hydrogens is 270 g/mol. The second-order valence-corrected chi connectivity index (χ2v) is 6.06. The monoisotopic (exact) mass is 293 g/mol. The first-order valence-electron chi connectivity index (χ1n) is 6.68. The Balaban J connectivity index is 2.74. The van der Waals surface area contributed by atoms with Gasteiger partial charge >= 0.3 is 16.3 Å². The fraction of sp³-hybridized carbons (Fsp3) is 0.909. The summed E-state index contributed by atoms with van der Waals surface area (Å²) in [5.74, 6) is 0. The second-order valence-electron chi connectivity index (χ2n) is 4.44. The van der Waals surface area contributed by atoms with Crippen molar-refractivity contribution in [2.75, 3.05) is 26.2 Å². The van der Waals surface area contributed by atoms with Crippen LogP contribution in [0, 0.1) is 0 Å². The van der Waals surface area contributed by atoms with Gasteiger partial charge in [-0.2, -0.15) is 12.7 Å². The van der Waals surface area contributed by atoms with E-state index < -0.39 is 16.3 Å². The third kappa shape index (κ3) is 4.96. The summed E-state index contributed by atoms with van der Waals surface area (Å²) in [6, 6.07) is -0.111. The zero-order chi connectivity index (χ0) is 14.3. The molecule has 1 rings (SSSR count). The Morgan fingerprint density at radius 1 is 1.47 bits per heavy atom. The number of rotatable bonds is 6. The van der Waals surface area contributed by atoms with Gasteiger partial charge in [-0.3, -0.25) is 0 Å². The lowest BCUT2D eigenvalue weighted by atomic mass is 10.1. The second kappa shape index (κ2) is 7.66. The first-order chi connectivity index (χ1) is 9.01. The molecule has 1 amide bonds. The van der Waals surface area contributed by atoms with Crippen LogP contribution in [0.15, 0.2) is 0 Å². The predicted octanol–water partition coefficient (Wildman–Crippen LogP) is 0.441. The Morgan fingerprint density at radius 3 is 2.74 bits per heavy atom. The zero-order valence-corrected chi connectivity index (χ0v) is 12.3. The van der Waals surface area contributed by atoms with E-state index in [2.05, 4.69) is 10.1 Å². The summed E-state index contributed by atoms with van der Waals surface area (Å²) >= 11 is 0. The Kier molecular flexibility index (Phi) is 6.53. The van der Waals surface area contributed by atoms with Crippen molar-refractivity contribution in [1.82, 2.24) is 14.3 Å². The minimum absolute atomic E-state index is 0.111. The SMILES string of the molecule is CCCN(C1CCCNC1)S(=O)(=O)NC(=O)OCC. The van der Waals surface area contributed by atoms with Crippen molar-refractivity contribution in [2.45, 2.75) is 39.2 Å². The maximum Gasteiger partial charge on any atom is 0.421 e. The lowest BCUT2D eigenvalue weighted by molar-refractivity contribution is 0.157. The Morgan fingerprint density at radius 2 is 2.21 bits per heavy atom. The van der Waals surface area contributed by atoms with Gasteiger partial charge in [0.25, 0.3) is 0 Å². The molecule has 0 aromatic rings. The molecule has 19 heavy (non-hydrogen) atoms. The molecule has 1 aliphatic heterocycles. The van der Waals surface area contributed by atoms with E-state index in [0.29, 0.717) is 19.5 Å². The summed E-state index contributed by atoms with van der Waals surface area (Å²) in [5.41, 5.74) is 0. The number of hydrogen-bond donors (Lipinski definition) is 2. The van der Waals surface area contributed by atoms with Crippen LogP contribution in [0.4, 0.5) is 4.79 Å². The van der Waals surface area contributed by atoms with E-state index >= 15 is 0 Å². The van der Waals surface area contributed by atoms with Crippen molar-refractivity contribution >= 4 is 16.3 Å². The summed E-state index contributed by atoms with van der Waals surface area (Å²) in [4.78, 5) is 11.3. The van der Waals surface area contributed by atoms with Crippen molar-refractivity contribution in [3.63, 3.8) is 0 Å². The van der Waals surface area contributed by atoms with Crippen molar-refractivity contribution in [1.29, 1.82) is 0 Å². The summed E-state index contributed by atoms with van der Waals surface area (Å²) < 4.78 is 32.3. The van der Waals surface area contributed by atoms with E-state index in [9.17, 15) is 13.2 Å². The summed E-state index contributed by atoms with van der Waals surface area (Å²) in [5, 5.41) is 3.17. The van der Waals surface area contributed by atoms with Gasteiger partial charge < -0.3 is 10.1 Å². The van der Waals surface area contributed by atoms with Crippen LogP contribution in [0.1, 0.15) is 33.1 Å². The molecule has 112 valence electrons. The minimum atomic E-state index is -3.84.